The summed E-state index contributed by atoms with van der Waals surface area (Å²) < 4.78 is 3.51. The van der Waals surface area contributed by atoms with Gasteiger partial charge in [0.2, 0.25) is 0 Å². The Morgan fingerprint density at radius 1 is 0.410 bits per heavy atom. The van der Waals surface area contributed by atoms with Crippen LogP contribution in [0.3, 0.4) is 0 Å². The van der Waals surface area contributed by atoms with Gasteiger partial charge in [0, 0.05) is 20.9 Å². The zero-order valence-corrected chi connectivity index (χ0v) is 23.9. The van der Waals surface area contributed by atoms with Crippen molar-refractivity contribution in [3.05, 3.63) is 162 Å². The van der Waals surface area contributed by atoms with Gasteiger partial charge < -0.3 is 4.57 Å². The molecule has 0 saturated heterocycles. The SMILES string of the molecule is Brc1ccc2c(c1)c1ccc([Si](c3ccccc3)(c3ccccc3)c3ccccc3)cc1n2-c1ccccc1. The molecule has 0 amide bonds. The van der Waals surface area contributed by atoms with Crippen LogP contribution in [0, 0.1) is 0 Å². The molecule has 1 nitrogen and oxygen atoms in total. The zero-order valence-electron chi connectivity index (χ0n) is 21.3. The van der Waals surface area contributed by atoms with Crippen LogP contribution in [0.1, 0.15) is 0 Å². The third kappa shape index (κ3) is 3.89. The summed E-state index contributed by atoms with van der Waals surface area (Å²) >= 11 is 3.72. The average Bonchev–Trinajstić information content (AvgIpc) is 3.32. The molecule has 0 unspecified atom stereocenters. The molecule has 0 atom stereocenters. The van der Waals surface area contributed by atoms with E-state index in [1.54, 1.807) is 0 Å². The van der Waals surface area contributed by atoms with E-state index < -0.39 is 8.07 Å². The second-order valence-electron chi connectivity index (χ2n) is 9.91. The van der Waals surface area contributed by atoms with Crippen LogP contribution >= 0.6 is 15.9 Å². The lowest BCUT2D eigenvalue weighted by Gasteiger charge is -2.34. The Hall–Kier alpha value is -4.18. The molecule has 1 aromatic heterocycles. The van der Waals surface area contributed by atoms with Gasteiger partial charge in [-0.1, -0.05) is 137 Å². The summed E-state index contributed by atoms with van der Waals surface area (Å²) in [6, 6.07) is 57.9. The van der Waals surface area contributed by atoms with Gasteiger partial charge in [0.15, 0.2) is 8.07 Å². The summed E-state index contributed by atoms with van der Waals surface area (Å²) in [6.45, 7) is 0. The first-order chi connectivity index (χ1) is 19.3. The summed E-state index contributed by atoms with van der Waals surface area (Å²) in [5.74, 6) is 0. The Kier molecular flexibility index (Phi) is 6.03. The van der Waals surface area contributed by atoms with E-state index in [0.717, 1.165) is 4.47 Å². The predicted molar refractivity (Wildman–Crippen MR) is 172 cm³/mol. The maximum atomic E-state index is 3.72. The smallest absolute Gasteiger partial charge is 0.179 e. The lowest BCUT2D eigenvalue weighted by atomic mass is 10.1. The van der Waals surface area contributed by atoms with Gasteiger partial charge in [-0.05, 0) is 57.1 Å². The highest BCUT2D eigenvalue weighted by Crippen LogP contribution is 2.33. The van der Waals surface area contributed by atoms with E-state index in [9.17, 15) is 0 Å². The quantitative estimate of drug-likeness (QED) is 0.154. The number of nitrogens with zero attached hydrogens (tertiary/aromatic N) is 1. The minimum Gasteiger partial charge on any atom is -0.309 e. The van der Waals surface area contributed by atoms with Crippen molar-refractivity contribution in [2.24, 2.45) is 0 Å². The van der Waals surface area contributed by atoms with Crippen molar-refractivity contribution in [3.63, 3.8) is 0 Å². The second-order valence-corrected chi connectivity index (χ2v) is 14.6. The summed E-state index contributed by atoms with van der Waals surface area (Å²) in [5.41, 5.74) is 3.61. The Morgan fingerprint density at radius 3 is 1.46 bits per heavy atom. The molecule has 39 heavy (non-hydrogen) atoms. The van der Waals surface area contributed by atoms with Crippen molar-refractivity contribution in [1.29, 1.82) is 0 Å². The molecule has 0 spiro atoms. The summed E-state index contributed by atoms with van der Waals surface area (Å²) in [7, 11) is -2.62. The molecule has 0 fully saturated rings. The molecule has 7 aromatic rings. The topological polar surface area (TPSA) is 4.93 Å². The lowest BCUT2D eigenvalue weighted by molar-refractivity contribution is 1.18. The number of hydrogen-bond acceptors (Lipinski definition) is 0. The van der Waals surface area contributed by atoms with Crippen LogP contribution in [0.5, 0.6) is 0 Å². The Labute approximate surface area is 238 Å². The Balaban J connectivity index is 1.64. The van der Waals surface area contributed by atoms with Gasteiger partial charge >= 0.3 is 0 Å². The monoisotopic (exact) mass is 579 g/mol. The van der Waals surface area contributed by atoms with Crippen molar-refractivity contribution in [2.45, 2.75) is 0 Å². The maximum absolute atomic E-state index is 3.72. The Bertz CT molecular complexity index is 1800. The number of aromatic nitrogens is 1. The summed E-state index contributed by atoms with van der Waals surface area (Å²) in [6.07, 6.45) is 0. The number of hydrogen-bond donors (Lipinski definition) is 0. The van der Waals surface area contributed by atoms with Crippen molar-refractivity contribution in [3.8, 4) is 5.69 Å². The number of fused-ring (bicyclic) bond motifs is 3. The molecule has 3 heteroatoms. The van der Waals surface area contributed by atoms with Crippen LogP contribution in [0.15, 0.2) is 162 Å². The van der Waals surface area contributed by atoms with E-state index in [1.165, 1.54) is 48.2 Å². The molecule has 0 N–H and O–H groups in total. The van der Waals surface area contributed by atoms with Gasteiger partial charge in [-0.25, -0.2) is 0 Å². The first-order valence-corrected chi connectivity index (χ1v) is 16.0. The molecule has 0 aliphatic carbocycles. The molecular formula is C36H26BrNSi. The number of benzene rings is 6. The van der Waals surface area contributed by atoms with E-state index in [4.69, 9.17) is 0 Å². The molecule has 0 bridgehead atoms. The van der Waals surface area contributed by atoms with E-state index in [2.05, 4.69) is 178 Å². The van der Waals surface area contributed by atoms with E-state index >= 15 is 0 Å². The normalized spacial score (nSPS) is 11.7. The van der Waals surface area contributed by atoms with Gasteiger partial charge in [-0.2, -0.15) is 0 Å². The van der Waals surface area contributed by atoms with E-state index in [0.29, 0.717) is 0 Å². The van der Waals surface area contributed by atoms with Gasteiger partial charge in [0.05, 0.1) is 11.0 Å². The van der Waals surface area contributed by atoms with Crippen LogP contribution in [-0.2, 0) is 0 Å². The van der Waals surface area contributed by atoms with Gasteiger partial charge in [0.1, 0.15) is 0 Å². The van der Waals surface area contributed by atoms with Crippen molar-refractivity contribution < 1.29 is 0 Å². The number of para-hydroxylation sites is 1. The highest BCUT2D eigenvalue weighted by molar-refractivity contribution is 9.10. The molecule has 0 aliphatic heterocycles. The minimum absolute atomic E-state index is 1.09. The second kappa shape index (κ2) is 9.85. The maximum Gasteiger partial charge on any atom is 0.179 e. The molecule has 0 aliphatic rings. The van der Waals surface area contributed by atoms with Crippen molar-refractivity contribution in [1.82, 2.24) is 4.57 Å². The van der Waals surface area contributed by atoms with Crippen LogP contribution in [0.25, 0.3) is 27.5 Å². The fourth-order valence-electron chi connectivity index (χ4n) is 6.15. The van der Waals surface area contributed by atoms with Crippen molar-refractivity contribution >= 4 is 66.6 Å². The molecular weight excluding hydrogens is 554 g/mol. The van der Waals surface area contributed by atoms with Crippen LogP contribution in [0.2, 0.25) is 0 Å². The van der Waals surface area contributed by atoms with E-state index in [1.807, 2.05) is 0 Å². The standard InChI is InChI=1S/C36H26BrNSi/c37-27-21-24-35-34(25-27)33-23-22-32(26-36(33)38(35)28-13-5-1-6-14-28)39(29-15-7-2-8-16-29,30-17-9-3-10-18-30)31-19-11-4-12-20-31/h1-26H. The third-order valence-electron chi connectivity index (χ3n) is 7.80. The van der Waals surface area contributed by atoms with Gasteiger partial charge in [0.25, 0.3) is 0 Å². The highest BCUT2D eigenvalue weighted by Gasteiger charge is 2.41. The molecule has 1 heterocycles. The molecule has 6 aromatic carbocycles. The third-order valence-corrected chi connectivity index (χ3v) is 13.1. The predicted octanol–water partition coefficient (Wildman–Crippen LogP) is 6.92. The van der Waals surface area contributed by atoms with Crippen LogP contribution in [0.4, 0.5) is 0 Å². The number of rotatable bonds is 5. The van der Waals surface area contributed by atoms with Crippen LogP contribution in [-0.4, -0.2) is 12.6 Å². The molecule has 0 radical (unpaired) electrons. The molecule has 186 valence electrons. The largest absolute Gasteiger partial charge is 0.309 e. The zero-order chi connectivity index (χ0) is 26.2. The van der Waals surface area contributed by atoms with Gasteiger partial charge in [-0.3, -0.25) is 0 Å². The van der Waals surface area contributed by atoms with E-state index in [-0.39, 0.29) is 0 Å². The first kappa shape index (κ1) is 23.9. The van der Waals surface area contributed by atoms with Crippen molar-refractivity contribution in [2.75, 3.05) is 0 Å². The van der Waals surface area contributed by atoms with Gasteiger partial charge in [-0.15, -0.1) is 0 Å². The molecule has 7 rings (SSSR count). The summed E-state index contributed by atoms with van der Waals surface area (Å²) in [4.78, 5) is 0. The fraction of sp³-hybridized carbons (Fsp3) is 0. The minimum atomic E-state index is -2.62. The highest BCUT2D eigenvalue weighted by atomic mass is 79.9. The first-order valence-electron chi connectivity index (χ1n) is 13.2. The summed E-state index contributed by atoms with van der Waals surface area (Å²) in [5, 5.41) is 8.03. The molecule has 0 saturated carbocycles. The average molecular weight is 581 g/mol. The lowest BCUT2D eigenvalue weighted by Crippen LogP contribution is -2.74. The number of halogens is 1. The van der Waals surface area contributed by atoms with Crippen LogP contribution < -0.4 is 20.7 Å². The Morgan fingerprint density at radius 2 is 0.923 bits per heavy atom. The fourth-order valence-corrected chi connectivity index (χ4v) is 11.3.